The summed E-state index contributed by atoms with van der Waals surface area (Å²) >= 11 is 6.05. The number of anilines is 1. The molecule has 0 bridgehead atoms. The summed E-state index contributed by atoms with van der Waals surface area (Å²) in [6.07, 6.45) is 1.67. The van der Waals surface area contributed by atoms with Crippen molar-refractivity contribution in [1.29, 1.82) is 0 Å². The molecular weight excluding hydrogens is 384 g/mol. The quantitative estimate of drug-likeness (QED) is 0.737. The van der Waals surface area contributed by atoms with E-state index in [4.69, 9.17) is 21.1 Å². The van der Waals surface area contributed by atoms with E-state index in [1.807, 2.05) is 0 Å². The first-order valence-electron chi connectivity index (χ1n) is 8.22. The molecule has 0 spiro atoms. The van der Waals surface area contributed by atoms with E-state index < -0.39 is 9.84 Å². The predicted molar refractivity (Wildman–Crippen MR) is 94.2 cm³/mol. The monoisotopic (exact) mass is 402 g/mol. The molecule has 3 rings (SSSR count). The number of rotatable bonds is 6. The summed E-state index contributed by atoms with van der Waals surface area (Å²) in [7, 11) is -3.79. The maximum atomic E-state index is 12.5. The Bertz CT molecular complexity index is 820. The number of hydrogen-bond acceptors (Lipinski definition) is 6. The number of ether oxygens (including phenoxy) is 2. The van der Waals surface area contributed by atoms with E-state index in [2.05, 4.69) is 10.6 Å². The van der Waals surface area contributed by atoms with Crippen LogP contribution in [0.1, 0.15) is 19.3 Å². The van der Waals surface area contributed by atoms with Crippen LogP contribution in [0.4, 0.5) is 5.69 Å². The molecule has 1 aromatic carbocycles. The Labute approximate surface area is 156 Å². The van der Waals surface area contributed by atoms with Crippen LogP contribution < -0.4 is 15.4 Å². The molecule has 10 heteroatoms. The molecule has 0 aromatic heterocycles. The van der Waals surface area contributed by atoms with Gasteiger partial charge in [-0.25, -0.2) is 8.42 Å². The van der Waals surface area contributed by atoms with Crippen LogP contribution in [0.5, 0.6) is 5.75 Å². The summed E-state index contributed by atoms with van der Waals surface area (Å²) in [6, 6.07) is 2.61. The minimum Gasteiger partial charge on any atom is -0.482 e. The van der Waals surface area contributed by atoms with Crippen molar-refractivity contribution >= 4 is 38.9 Å². The third-order valence-corrected chi connectivity index (χ3v) is 6.32. The van der Waals surface area contributed by atoms with Crippen molar-refractivity contribution in [3.8, 4) is 5.75 Å². The lowest BCUT2D eigenvalue weighted by Crippen LogP contribution is -2.32. The molecule has 0 unspecified atom stereocenters. The Balaban J connectivity index is 1.62. The van der Waals surface area contributed by atoms with Crippen LogP contribution in [0, 0.1) is 0 Å². The second-order valence-electron chi connectivity index (χ2n) is 6.12. The number of carbonyl (C=O) groups is 2. The Kier molecular flexibility index (Phi) is 5.69. The highest BCUT2D eigenvalue weighted by Crippen LogP contribution is 2.36. The number of halogens is 1. The molecule has 0 aliphatic carbocycles. The lowest BCUT2D eigenvalue weighted by molar-refractivity contribution is -0.121. The zero-order valence-electron chi connectivity index (χ0n) is 13.9. The van der Waals surface area contributed by atoms with Crippen molar-refractivity contribution in [2.75, 3.05) is 30.8 Å². The van der Waals surface area contributed by atoms with E-state index in [0.717, 1.165) is 12.8 Å². The maximum absolute atomic E-state index is 12.5. The average Bonchev–Trinajstić information content (AvgIpc) is 3.11. The number of carbonyl (C=O) groups excluding carboxylic acids is 2. The molecular formula is C16H19ClN2O6S. The second kappa shape index (κ2) is 7.81. The third-order valence-electron chi connectivity index (χ3n) is 4.15. The molecule has 8 nitrogen and oxygen atoms in total. The van der Waals surface area contributed by atoms with E-state index in [1.165, 1.54) is 12.1 Å². The Morgan fingerprint density at radius 3 is 2.92 bits per heavy atom. The van der Waals surface area contributed by atoms with Crippen LogP contribution in [0.2, 0.25) is 5.02 Å². The van der Waals surface area contributed by atoms with Crippen molar-refractivity contribution in [2.45, 2.75) is 30.3 Å². The third kappa shape index (κ3) is 4.46. The molecule has 1 saturated heterocycles. The number of nitrogens with one attached hydrogen (secondary N) is 2. The van der Waals surface area contributed by atoms with Crippen LogP contribution in [-0.4, -0.2) is 51.8 Å². The highest BCUT2D eigenvalue weighted by Gasteiger charge is 2.25. The highest BCUT2D eigenvalue weighted by atomic mass is 35.5. The Morgan fingerprint density at radius 1 is 1.38 bits per heavy atom. The number of fused-ring (bicyclic) bond motifs is 1. The zero-order chi connectivity index (χ0) is 18.7. The molecule has 2 N–H and O–H groups in total. The van der Waals surface area contributed by atoms with Gasteiger partial charge in [-0.05, 0) is 18.9 Å². The predicted octanol–water partition coefficient (Wildman–Crippen LogP) is 1.13. The van der Waals surface area contributed by atoms with Crippen LogP contribution in [0.25, 0.3) is 0 Å². The van der Waals surface area contributed by atoms with E-state index in [0.29, 0.717) is 18.8 Å². The van der Waals surface area contributed by atoms with Crippen LogP contribution >= 0.6 is 11.6 Å². The van der Waals surface area contributed by atoms with Gasteiger partial charge in [-0.3, -0.25) is 9.59 Å². The van der Waals surface area contributed by atoms with Gasteiger partial charge in [0.1, 0.15) is 5.75 Å². The molecule has 2 heterocycles. The molecule has 1 atom stereocenters. The first-order valence-corrected chi connectivity index (χ1v) is 10.3. The van der Waals surface area contributed by atoms with Crippen molar-refractivity contribution < 1.29 is 27.5 Å². The van der Waals surface area contributed by atoms with Gasteiger partial charge in [0.2, 0.25) is 5.91 Å². The Hall–Kier alpha value is -1.84. The van der Waals surface area contributed by atoms with E-state index in [1.54, 1.807) is 0 Å². The molecule has 2 aliphatic rings. The minimum atomic E-state index is -3.79. The summed E-state index contributed by atoms with van der Waals surface area (Å²) in [5.74, 6) is -0.848. The summed E-state index contributed by atoms with van der Waals surface area (Å²) in [5.41, 5.74) is 0.319. The molecule has 142 valence electrons. The van der Waals surface area contributed by atoms with Gasteiger partial charge in [-0.15, -0.1) is 0 Å². The smallest absolute Gasteiger partial charge is 0.262 e. The average molecular weight is 403 g/mol. The lowest BCUT2D eigenvalue weighted by Gasteiger charge is -2.19. The number of hydrogen-bond donors (Lipinski definition) is 2. The van der Waals surface area contributed by atoms with E-state index >= 15 is 0 Å². The van der Waals surface area contributed by atoms with Gasteiger partial charge in [-0.1, -0.05) is 11.6 Å². The normalized spacial score (nSPS) is 19.4. The maximum Gasteiger partial charge on any atom is 0.262 e. The van der Waals surface area contributed by atoms with Crippen molar-refractivity contribution in [3.05, 3.63) is 17.2 Å². The molecule has 1 aromatic rings. The number of benzene rings is 1. The standard InChI is InChI=1S/C16H19ClN2O6S/c17-11-6-12-13(25-9-16(21)19-12)7-14(11)26(22,23)5-3-15(20)18-8-10-2-1-4-24-10/h6-7,10H,1-5,8-9H2,(H,18,20)(H,19,21)/t10-/m1/s1. The molecule has 1 fully saturated rings. The van der Waals surface area contributed by atoms with Crippen LogP contribution in [0.3, 0.4) is 0 Å². The largest absolute Gasteiger partial charge is 0.482 e. The summed E-state index contributed by atoms with van der Waals surface area (Å²) in [4.78, 5) is 23.1. The van der Waals surface area contributed by atoms with E-state index in [9.17, 15) is 18.0 Å². The van der Waals surface area contributed by atoms with Gasteiger partial charge in [0.25, 0.3) is 5.91 Å². The molecule has 2 amide bonds. The van der Waals surface area contributed by atoms with Gasteiger partial charge in [0, 0.05) is 25.6 Å². The second-order valence-corrected chi connectivity index (χ2v) is 8.61. The summed E-state index contributed by atoms with van der Waals surface area (Å²) in [6.45, 7) is 0.875. The molecule has 26 heavy (non-hydrogen) atoms. The fourth-order valence-corrected chi connectivity index (χ4v) is 4.61. The topological polar surface area (TPSA) is 111 Å². The van der Waals surface area contributed by atoms with Gasteiger partial charge >= 0.3 is 0 Å². The van der Waals surface area contributed by atoms with Crippen LogP contribution in [-0.2, 0) is 24.2 Å². The molecule has 2 aliphatic heterocycles. The van der Waals surface area contributed by atoms with Gasteiger partial charge in [0.05, 0.1) is 27.5 Å². The van der Waals surface area contributed by atoms with Gasteiger partial charge < -0.3 is 20.1 Å². The molecule has 0 saturated carbocycles. The fourth-order valence-electron chi connectivity index (χ4n) is 2.78. The van der Waals surface area contributed by atoms with E-state index in [-0.39, 0.29) is 52.4 Å². The van der Waals surface area contributed by atoms with Crippen molar-refractivity contribution in [1.82, 2.24) is 5.32 Å². The zero-order valence-corrected chi connectivity index (χ0v) is 15.5. The number of sulfone groups is 1. The van der Waals surface area contributed by atoms with Gasteiger partial charge in [-0.2, -0.15) is 0 Å². The fraction of sp³-hybridized carbons (Fsp3) is 0.500. The minimum absolute atomic E-state index is 0.00185. The first kappa shape index (κ1) is 18.9. The van der Waals surface area contributed by atoms with Crippen LogP contribution in [0.15, 0.2) is 17.0 Å². The van der Waals surface area contributed by atoms with Crippen molar-refractivity contribution in [3.63, 3.8) is 0 Å². The first-order chi connectivity index (χ1) is 12.3. The van der Waals surface area contributed by atoms with Crippen molar-refractivity contribution in [2.24, 2.45) is 0 Å². The Morgan fingerprint density at radius 2 is 2.19 bits per heavy atom. The lowest BCUT2D eigenvalue weighted by atomic mass is 10.2. The summed E-state index contributed by atoms with van der Waals surface area (Å²) < 4.78 is 35.7. The SMILES string of the molecule is O=C(CCS(=O)(=O)c1cc2c(cc1Cl)NC(=O)CO2)NC[C@H]1CCCO1. The summed E-state index contributed by atoms with van der Waals surface area (Å²) in [5, 5.41) is 5.21. The highest BCUT2D eigenvalue weighted by molar-refractivity contribution is 7.91. The molecule has 0 radical (unpaired) electrons. The number of amides is 2. The van der Waals surface area contributed by atoms with Gasteiger partial charge in [0.15, 0.2) is 16.4 Å².